The van der Waals surface area contributed by atoms with Crippen LogP contribution in [0.1, 0.15) is 41.8 Å². The zero-order valence-electron chi connectivity index (χ0n) is 13.2. The number of hydrogen-bond acceptors (Lipinski definition) is 5. The van der Waals surface area contributed by atoms with Crippen LogP contribution >= 0.6 is 11.3 Å². The molecular formula is C16H20N2O3S. The van der Waals surface area contributed by atoms with Crippen LogP contribution in [0.2, 0.25) is 0 Å². The van der Waals surface area contributed by atoms with Crippen molar-refractivity contribution in [3.8, 4) is 11.5 Å². The summed E-state index contributed by atoms with van der Waals surface area (Å²) < 4.78 is 11.0. The number of benzene rings is 1. The molecule has 6 heteroatoms. The number of para-hydroxylation sites is 1. The van der Waals surface area contributed by atoms with E-state index in [0.29, 0.717) is 17.1 Å². The first-order valence-electron chi connectivity index (χ1n) is 6.87. The minimum absolute atomic E-state index is 0.00569. The maximum absolute atomic E-state index is 11.5. The fraction of sp³-hybridized carbons (Fsp3) is 0.375. The molecule has 0 bridgehead atoms. The number of amides is 1. The molecule has 0 saturated heterocycles. The molecule has 1 aromatic carbocycles. The largest absolute Gasteiger partial charge is 0.493 e. The average Bonchev–Trinajstić information content (AvgIpc) is 2.93. The van der Waals surface area contributed by atoms with Gasteiger partial charge in [0.15, 0.2) is 11.5 Å². The third-order valence-corrected chi connectivity index (χ3v) is 4.34. The SMILES string of the molecule is COc1cccc(C(N)=O)c1OCc1csc(C(C)(C)C)n1. The molecule has 1 aromatic heterocycles. The molecule has 0 atom stereocenters. The Labute approximate surface area is 134 Å². The number of nitrogens with two attached hydrogens (primary N) is 1. The van der Waals surface area contributed by atoms with Gasteiger partial charge in [0.25, 0.3) is 5.91 Å². The molecule has 118 valence electrons. The molecule has 0 radical (unpaired) electrons. The maximum atomic E-state index is 11.5. The third kappa shape index (κ3) is 3.57. The van der Waals surface area contributed by atoms with Gasteiger partial charge in [-0.3, -0.25) is 4.79 Å². The number of hydrogen-bond donors (Lipinski definition) is 1. The van der Waals surface area contributed by atoms with Crippen molar-refractivity contribution in [1.82, 2.24) is 4.98 Å². The van der Waals surface area contributed by atoms with E-state index in [1.807, 2.05) is 5.38 Å². The topological polar surface area (TPSA) is 74.4 Å². The molecule has 2 N–H and O–H groups in total. The Morgan fingerprint density at radius 1 is 1.36 bits per heavy atom. The van der Waals surface area contributed by atoms with Crippen molar-refractivity contribution in [3.63, 3.8) is 0 Å². The van der Waals surface area contributed by atoms with Gasteiger partial charge in [0.05, 0.1) is 23.4 Å². The van der Waals surface area contributed by atoms with Crippen LogP contribution in [0.5, 0.6) is 11.5 Å². The quantitative estimate of drug-likeness (QED) is 0.918. The fourth-order valence-electron chi connectivity index (χ4n) is 1.88. The number of rotatable bonds is 5. The molecule has 2 aromatic rings. The van der Waals surface area contributed by atoms with Crippen molar-refractivity contribution in [3.05, 3.63) is 39.8 Å². The highest BCUT2D eigenvalue weighted by Gasteiger charge is 2.19. The molecule has 22 heavy (non-hydrogen) atoms. The Kier molecular flexibility index (Phi) is 4.71. The van der Waals surface area contributed by atoms with Crippen molar-refractivity contribution in [2.75, 3.05) is 7.11 Å². The Hall–Kier alpha value is -2.08. The fourth-order valence-corrected chi connectivity index (χ4v) is 2.78. The standard InChI is InChI=1S/C16H20N2O3S/c1-16(2,3)15-18-10(9-22-15)8-21-13-11(14(17)19)6-5-7-12(13)20-4/h5-7,9H,8H2,1-4H3,(H2,17,19). The van der Waals surface area contributed by atoms with Gasteiger partial charge in [-0.25, -0.2) is 4.98 Å². The van der Waals surface area contributed by atoms with Gasteiger partial charge in [-0.1, -0.05) is 26.8 Å². The highest BCUT2D eigenvalue weighted by molar-refractivity contribution is 7.09. The number of primary amides is 1. The Morgan fingerprint density at radius 2 is 2.09 bits per heavy atom. The zero-order valence-corrected chi connectivity index (χ0v) is 14.0. The molecule has 0 aliphatic carbocycles. The smallest absolute Gasteiger partial charge is 0.252 e. The van der Waals surface area contributed by atoms with Crippen molar-refractivity contribution >= 4 is 17.2 Å². The van der Waals surface area contributed by atoms with Crippen molar-refractivity contribution in [2.24, 2.45) is 5.73 Å². The second kappa shape index (κ2) is 6.36. The lowest BCUT2D eigenvalue weighted by molar-refractivity contribution is 0.0995. The third-order valence-electron chi connectivity index (χ3n) is 3.02. The first-order valence-corrected chi connectivity index (χ1v) is 7.75. The predicted octanol–water partition coefficient (Wildman–Crippen LogP) is 3.13. The number of nitrogens with zero attached hydrogens (tertiary/aromatic N) is 1. The van der Waals surface area contributed by atoms with Crippen LogP contribution in [0.15, 0.2) is 23.6 Å². The summed E-state index contributed by atoms with van der Waals surface area (Å²) in [6.07, 6.45) is 0. The minimum atomic E-state index is -0.553. The molecular weight excluding hydrogens is 300 g/mol. The molecule has 0 aliphatic rings. The van der Waals surface area contributed by atoms with Crippen molar-refractivity contribution in [2.45, 2.75) is 32.8 Å². The predicted molar refractivity (Wildman–Crippen MR) is 86.7 cm³/mol. The summed E-state index contributed by atoms with van der Waals surface area (Å²) in [5, 5.41) is 3.00. The Morgan fingerprint density at radius 3 is 2.64 bits per heavy atom. The first-order chi connectivity index (χ1) is 10.3. The van der Waals surface area contributed by atoms with Gasteiger partial charge < -0.3 is 15.2 Å². The van der Waals surface area contributed by atoms with E-state index < -0.39 is 5.91 Å². The van der Waals surface area contributed by atoms with Gasteiger partial charge in [-0.05, 0) is 12.1 Å². The van der Waals surface area contributed by atoms with Gasteiger partial charge in [0.2, 0.25) is 0 Å². The van der Waals surface area contributed by atoms with E-state index in [2.05, 4.69) is 25.8 Å². The number of ether oxygens (including phenoxy) is 2. The number of aromatic nitrogens is 1. The van der Waals surface area contributed by atoms with E-state index in [1.54, 1.807) is 29.5 Å². The number of methoxy groups -OCH3 is 1. The molecule has 5 nitrogen and oxygen atoms in total. The average molecular weight is 320 g/mol. The molecule has 0 spiro atoms. The van der Waals surface area contributed by atoms with Gasteiger partial charge in [0.1, 0.15) is 6.61 Å². The monoisotopic (exact) mass is 320 g/mol. The first kappa shape index (κ1) is 16.3. The summed E-state index contributed by atoms with van der Waals surface area (Å²) in [6, 6.07) is 5.04. The number of carbonyl (C=O) groups excluding carboxylic acids is 1. The van der Waals surface area contributed by atoms with Gasteiger partial charge in [-0.15, -0.1) is 11.3 Å². The number of thiazole rings is 1. The molecule has 0 unspecified atom stereocenters. The zero-order chi connectivity index (χ0) is 16.3. The second-order valence-electron chi connectivity index (χ2n) is 5.88. The van der Waals surface area contributed by atoms with Crippen LogP contribution in [-0.2, 0) is 12.0 Å². The van der Waals surface area contributed by atoms with E-state index in [4.69, 9.17) is 15.2 Å². The molecule has 0 saturated carbocycles. The van der Waals surface area contributed by atoms with E-state index in [0.717, 1.165) is 10.7 Å². The minimum Gasteiger partial charge on any atom is -0.493 e. The van der Waals surface area contributed by atoms with Crippen LogP contribution in [0, 0.1) is 0 Å². The summed E-state index contributed by atoms with van der Waals surface area (Å²) in [6.45, 7) is 6.60. The van der Waals surface area contributed by atoms with E-state index in [9.17, 15) is 4.79 Å². The maximum Gasteiger partial charge on any atom is 0.252 e. The molecule has 1 heterocycles. The summed E-state index contributed by atoms with van der Waals surface area (Å²) >= 11 is 1.60. The Bertz CT molecular complexity index is 674. The van der Waals surface area contributed by atoms with Gasteiger partial charge in [-0.2, -0.15) is 0 Å². The van der Waals surface area contributed by atoms with Gasteiger partial charge in [0, 0.05) is 10.8 Å². The Balaban J connectivity index is 2.21. The normalized spacial score (nSPS) is 11.3. The van der Waals surface area contributed by atoms with Crippen molar-refractivity contribution in [1.29, 1.82) is 0 Å². The number of carbonyl (C=O) groups is 1. The van der Waals surface area contributed by atoms with Crippen LogP contribution in [-0.4, -0.2) is 18.0 Å². The van der Waals surface area contributed by atoms with Crippen LogP contribution in [0.4, 0.5) is 0 Å². The molecule has 0 aliphatic heterocycles. The summed E-state index contributed by atoms with van der Waals surface area (Å²) in [5.74, 6) is 0.271. The lowest BCUT2D eigenvalue weighted by atomic mass is 9.98. The lowest BCUT2D eigenvalue weighted by Gasteiger charge is -2.14. The lowest BCUT2D eigenvalue weighted by Crippen LogP contribution is -2.14. The van der Waals surface area contributed by atoms with Crippen LogP contribution in [0.3, 0.4) is 0 Å². The van der Waals surface area contributed by atoms with Crippen LogP contribution < -0.4 is 15.2 Å². The van der Waals surface area contributed by atoms with Crippen molar-refractivity contribution < 1.29 is 14.3 Å². The van der Waals surface area contributed by atoms with Crippen LogP contribution in [0.25, 0.3) is 0 Å². The highest BCUT2D eigenvalue weighted by atomic mass is 32.1. The highest BCUT2D eigenvalue weighted by Crippen LogP contribution is 2.32. The molecule has 1 amide bonds. The van der Waals surface area contributed by atoms with E-state index >= 15 is 0 Å². The summed E-state index contributed by atoms with van der Waals surface area (Å²) in [4.78, 5) is 16.1. The molecule has 0 fully saturated rings. The second-order valence-corrected chi connectivity index (χ2v) is 6.74. The van der Waals surface area contributed by atoms with E-state index in [-0.39, 0.29) is 12.0 Å². The summed E-state index contributed by atoms with van der Waals surface area (Å²) in [7, 11) is 1.52. The van der Waals surface area contributed by atoms with Gasteiger partial charge >= 0.3 is 0 Å². The van der Waals surface area contributed by atoms with E-state index in [1.165, 1.54) is 7.11 Å². The summed E-state index contributed by atoms with van der Waals surface area (Å²) in [5.41, 5.74) is 6.50. The molecule has 2 rings (SSSR count).